The fourth-order valence-electron chi connectivity index (χ4n) is 2.77. The van der Waals surface area contributed by atoms with Gasteiger partial charge >= 0.3 is 0 Å². The number of nitrogens with one attached hydrogen (secondary N) is 1. The summed E-state index contributed by atoms with van der Waals surface area (Å²) in [5, 5.41) is 8.84. The molecular formula is C15H27ClN4. The van der Waals surface area contributed by atoms with Crippen LogP contribution in [0.1, 0.15) is 38.3 Å². The van der Waals surface area contributed by atoms with E-state index in [-0.39, 0.29) is 0 Å². The molecule has 5 heteroatoms. The molecule has 2 unspecified atom stereocenters. The van der Waals surface area contributed by atoms with Gasteiger partial charge in [-0.2, -0.15) is 5.10 Å². The van der Waals surface area contributed by atoms with Gasteiger partial charge in [-0.25, -0.2) is 0 Å². The third kappa shape index (κ3) is 3.74. The summed E-state index contributed by atoms with van der Waals surface area (Å²) in [6.07, 6.45) is 4.33. The lowest BCUT2D eigenvalue weighted by Gasteiger charge is -2.38. The number of nitrogens with zero attached hydrogens (tertiary/aromatic N) is 3. The molecule has 0 radical (unpaired) electrons. The van der Waals surface area contributed by atoms with Gasteiger partial charge in [0.15, 0.2) is 0 Å². The summed E-state index contributed by atoms with van der Waals surface area (Å²) in [6, 6.07) is 0.547. The Bertz CT molecular complexity index is 428. The lowest BCUT2D eigenvalue weighted by Crippen LogP contribution is -2.38. The molecule has 1 aromatic rings. The summed E-state index contributed by atoms with van der Waals surface area (Å²) < 4.78 is 2.11. The second-order valence-corrected chi connectivity index (χ2v) is 6.82. The smallest absolute Gasteiger partial charge is 0.0820 e. The zero-order valence-electron chi connectivity index (χ0n) is 13.1. The van der Waals surface area contributed by atoms with Crippen LogP contribution >= 0.6 is 11.6 Å². The second kappa shape index (κ2) is 6.92. The number of hydrogen-bond donors (Lipinski definition) is 1. The average Bonchev–Trinajstić information content (AvgIpc) is 2.67. The summed E-state index contributed by atoms with van der Waals surface area (Å²) in [4.78, 5) is 2.18. The molecule has 0 bridgehead atoms. The van der Waals surface area contributed by atoms with Crippen LogP contribution in [0.4, 0.5) is 0 Å². The first-order valence-electron chi connectivity index (χ1n) is 7.58. The Kier molecular flexibility index (Phi) is 5.47. The van der Waals surface area contributed by atoms with Crippen LogP contribution in [0.3, 0.4) is 0 Å². The first kappa shape index (κ1) is 15.8. The molecule has 2 atom stereocenters. The summed E-state index contributed by atoms with van der Waals surface area (Å²) in [5.41, 5.74) is 1.25. The predicted octanol–water partition coefficient (Wildman–Crippen LogP) is 2.59. The van der Waals surface area contributed by atoms with Crippen molar-refractivity contribution in [3.63, 3.8) is 0 Å². The fourth-order valence-corrected chi connectivity index (χ4v) is 3.06. The highest BCUT2D eigenvalue weighted by molar-refractivity contribution is 6.31. The molecule has 0 aromatic carbocycles. The molecule has 0 aliphatic heterocycles. The molecule has 0 amide bonds. The van der Waals surface area contributed by atoms with Crippen molar-refractivity contribution < 1.29 is 0 Å². The topological polar surface area (TPSA) is 33.1 Å². The fraction of sp³-hybridized carbons (Fsp3) is 0.800. The van der Waals surface area contributed by atoms with Crippen molar-refractivity contribution in [3.8, 4) is 0 Å². The first-order chi connectivity index (χ1) is 9.49. The monoisotopic (exact) mass is 298 g/mol. The van der Waals surface area contributed by atoms with Crippen LogP contribution in [-0.2, 0) is 6.54 Å². The van der Waals surface area contributed by atoms with Gasteiger partial charge in [0, 0.05) is 18.5 Å². The predicted molar refractivity (Wildman–Crippen MR) is 84.4 cm³/mol. The maximum absolute atomic E-state index is 6.38. The number of halogens is 1. The van der Waals surface area contributed by atoms with Gasteiger partial charge < -0.3 is 10.2 Å². The normalized spacial score (nSPS) is 22.6. The molecule has 1 aliphatic rings. The van der Waals surface area contributed by atoms with E-state index in [9.17, 15) is 0 Å². The molecule has 1 aliphatic carbocycles. The highest BCUT2D eigenvalue weighted by atomic mass is 35.5. The largest absolute Gasteiger partial charge is 0.314 e. The summed E-state index contributed by atoms with van der Waals surface area (Å²) in [6.45, 7) is 7.38. The Hall–Kier alpha value is -0.580. The molecule has 0 spiro atoms. The molecular weight excluding hydrogens is 272 g/mol. The molecule has 1 heterocycles. The van der Waals surface area contributed by atoms with Crippen molar-refractivity contribution in [1.29, 1.82) is 0 Å². The average molecular weight is 299 g/mol. The van der Waals surface area contributed by atoms with E-state index in [1.807, 2.05) is 0 Å². The molecule has 4 nitrogen and oxygen atoms in total. The standard InChI is InChI=1S/C15H27ClN4/c1-11(2)17-9-12-5-6-13(12)15-14(16)10-18-20(15)8-7-19(3)4/h10-13,17H,5-9H2,1-4H3. The van der Waals surface area contributed by atoms with Gasteiger partial charge in [0.1, 0.15) is 0 Å². The molecule has 1 fully saturated rings. The van der Waals surface area contributed by atoms with Crippen molar-refractivity contribution >= 4 is 11.6 Å². The molecule has 20 heavy (non-hydrogen) atoms. The van der Waals surface area contributed by atoms with Gasteiger partial charge in [-0.1, -0.05) is 25.4 Å². The third-order valence-corrected chi connectivity index (χ3v) is 4.44. The Morgan fingerprint density at radius 1 is 1.45 bits per heavy atom. The third-order valence-electron chi connectivity index (χ3n) is 4.15. The summed E-state index contributed by atoms with van der Waals surface area (Å²) in [5.74, 6) is 1.27. The zero-order valence-corrected chi connectivity index (χ0v) is 13.8. The molecule has 0 saturated heterocycles. The maximum atomic E-state index is 6.38. The SMILES string of the molecule is CC(C)NCC1CCC1c1c(Cl)cnn1CCN(C)C. The zero-order chi connectivity index (χ0) is 14.7. The minimum Gasteiger partial charge on any atom is -0.314 e. The number of aromatic nitrogens is 2. The van der Waals surface area contributed by atoms with Gasteiger partial charge in [0.2, 0.25) is 0 Å². The lowest BCUT2D eigenvalue weighted by molar-refractivity contribution is 0.227. The van der Waals surface area contributed by atoms with E-state index in [0.29, 0.717) is 17.9 Å². The van der Waals surface area contributed by atoms with Crippen molar-refractivity contribution in [3.05, 3.63) is 16.9 Å². The Balaban J connectivity index is 2.02. The van der Waals surface area contributed by atoms with Crippen LogP contribution in [-0.4, -0.2) is 47.9 Å². The molecule has 114 valence electrons. The van der Waals surface area contributed by atoms with Crippen molar-refractivity contribution in [2.75, 3.05) is 27.2 Å². The number of hydrogen-bond acceptors (Lipinski definition) is 3. The quantitative estimate of drug-likeness (QED) is 0.840. The molecule has 2 rings (SSSR count). The van der Waals surface area contributed by atoms with Crippen molar-refractivity contribution in [2.45, 2.75) is 45.2 Å². The minimum atomic E-state index is 0.547. The van der Waals surface area contributed by atoms with E-state index < -0.39 is 0 Å². The Labute approximate surface area is 127 Å². The Morgan fingerprint density at radius 2 is 2.20 bits per heavy atom. The van der Waals surface area contributed by atoms with Crippen molar-refractivity contribution in [2.24, 2.45) is 5.92 Å². The van der Waals surface area contributed by atoms with E-state index in [4.69, 9.17) is 11.6 Å². The summed E-state index contributed by atoms with van der Waals surface area (Å²) in [7, 11) is 4.17. The number of rotatable bonds is 7. The van der Waals surface area contributed by atoms with Gasteiger partial charge in [-0.3, -0.25) is 4.68 Å². The van der Waals surface area contributed by atoms with Crippen LogP contribution in [0.2, 0.25) is 5.02 Å². The van der Waals surface area contributed by atoms with Gasteiger partial charge in [-0.15, -0.1) is 0 Å². The highest BCUT2D eigenvalue weighted by Crippen LogP contribution is 2.44. The van der Waals surface area contributed by atoms with Crippen molar-refractivity contribution in [1.82, 2.24) is 20.0 Å². The van der Waals surface area contributed by atoms with Crippen LogP contribution in [0, 0.1) is 5.92 Å². The van der Waals surface area contributed by atoms with Crippen LogP contribution in [0.25, 0.3) is 0 Å². The summed E-state index contributed by atoms with van der Waals surface area (Å²) >= 11 is 6.38. The van der Waals surface area contributed by atoms with E-state index in [2.05, 4.69) is 47.9 Å². The lowest BCUT2D eigenvalue weighted by atomic mass is 9.71. The highest BCUT2D eigenvalue weighted by Gasteiger charge is 2.35. The van der Waals surface area contributed by atoms with Gasteiger partial charge in [-0.05, 0) is 39.4 Å². The molecule has 1 N–H and O–H groups in total. The molecule has 1 saturated carbocycles. The maximum Gasteiger partial charge on any atom is 0.0820 e. The number of likely N-dealkylation sites (N-methyl/N-ethyl adjacent to an activating group) is 1. The van der Waals surface area contributed by atoms with Crippen LogP contribution in [0.5, 0.6) is 0 Å². The minimum absolute atomic E-state index is 0.547. The van der Waals surface area contributed by atoms with Crippen LogP contribution in [0.15, 0.2) is 6.20 Å². The van der Waals surface area contributed by atoms with Gasteiger partial charge in [0.05, 0.1) is 23.5 Å². The van der Waals surface area contributed by atoms with E-state index in [0.717, 1.165) is 24.7 Å². The van der Waals surface area contributed by atoms with Gasteiger partial charge in [0.25, 0.3) is 0 Å². The Morgan fingerprint density at radius 3 is 2.75 bits per heavy atom. The second-order valence-electron chi connectivity index (χ2n) is 6.41. The van der Waals surface area contributed by atoms with E-state index in [1.54, 1.807) is 6.20 Å². The van der Waals surface area contributed by atoms with E-state index >= 15 is 0 Å². The molecule has 1 aromatic heterocycles. The van der Waals surface area contributed by atoms with E-state index in [1.165, 1.54) is 18.5 Å². The van der Waals surface area contributed by atoms with Crippen LogP contribution < -0.4 is 5.32 Å². The first-order valence-corrected chi connectivity index (χ1v) is 7.96.